The van der Waals surface area contributed by atoms with Gasteiger partial charge in [-0.2, -0.15) is 13.2 Å². The minimum atomic E-state index is -4.39. The summed E-state index contributed by atoms with van der Waals surface area (Å²) in [5, 5.41) is 2.88. The molecule has 1 amide bonds. The fraction of sp³-hybridized carbons (Fsp3) is 0.217. The molecule has 0 spiro atoms. The van der Waals surface area contributed by atoms with Gasteiger partial charge in [0.25, 0.3) is 5.91 Å². The number of amides is 1. The number of nitrogens with one attached hydrogen (secondary N) is 1. The molecule has 0 atom stereocenters. The molecule has 0 saturated heterocycles. The SMILES string of the molecule is Cc1cc2c(cc(C(=O)NCCc3ccccn3)n2Cc2ccc(C(F)(F)F)cc2)o1. The summed E-state index contributed by atoms with van der Waals surface area (Å²) in [4.78, 5) is 17.1. The number of hydrogen-bond donors (Lipinski definition) is 1. The molecular formula is C23H20F3N3O2. The Morgan fingerprint density at radius 3 is 2.58 bits per heavy atom. The molecule has 0 fully saturated rings. The second kappa shape index (κ2) is 8.29. The number of alkyl halides is 3. The van der Waals surface area contributed by atoms with Crippen molar-refractivity contribution in [1.29, 1.82) is 0 Å². The molecule has 1 aromatic carbocycles. The van der Waals surface area contributed by atoms with E-state index in [1.807, 2.05) is 24.3 Å². The van der Waals surface area contributed by atoms with Crippen LogP contribution in [-0.2, 0) is 19.1 Å². The Bertz CT molecular complexity index is 1190. The highest BCUT2D eigenvalue weighted by molar-refractivity contribution is 5.97. The number of carbonyl (C=O) groups excluding carboxylic acids is 1. The maximum Gasteiger partial charge on any atom is 0.416 e. The number of benzene rings is 1. The third-order valence-corrected chi connectivity index (χ3v) is 4.96. The number of aryl methyl sites for hydroxylation is 1. The fourth-order valence-corrected chi connectivity index (χ4v) is 3.45. The lowest BCUT2D eigenvalue weighted by molar-refractivity contribution is -0.137. The summed E-state index contributed by atoms with van der Waals surface area (Å²) >= 11 is 0. The van der Waals surface area contributed by atoms with Crippen LogP contribution in [0.5, 0.6) is 0 Å². The first kappa shape index (κ1) is 20.7. The molecule has 4 aromatic rings. The van der Waals surface area contributed by atoms with Gasteiger partial charge in [-0.25, -0.2) is 0 Å². The van der Waals surface area contributed by atoms with E-state index < -0.39 is 11.7 Å². The first-order valence-corrected chi connectivity index (χ1v) is 9.75. The Kier molecular flexibility index (Phi) is 5.54. The van der Waals surface area contributed by atoms with Crippen LogP contribution in [0.25, 0.3) is 11.1 Å². The molecule has 0 bridgehead atoms. The molecule has 8 heteroatoms. The molecule has 160 valence electrons. The van der Waals surface area contributed by atoms with Crippen LogP contribution in [0.4, 0.5) is 13.2 Å². The summed E-state index contributed by atoms with van der Waals surface area (Å²) in [6, 6.07) is 14.0. The van der Waals surface area contributed by atoms with Crippen LogP contribution in [0.3, 0.4) is 0 Å². The molecule has 3 heterocycles. The third-order valence-electron chi connectivity index (χ3n) is 4.96. The van der Waals surface area contributed by atoms with Crippen LogP contribution in [0.15, 0.2) is 65.2 Å². The van der Waals surface area contributed by atoms with Gasteiger partial charge in [0.15, 0.2) is 5.58 Å². The molecule has 31 heavy (non-hydrogen) atoms. The quantitative estimate of drug-likeness (QED) is 0.472. The van der Waals surface area contributed by atoms with E-state index in [9.17, 15) is 18.0 Å². The highest BCUT2D eigenvalue weighted by Crippen LogP contribution is 2.30. The Morgan fingerprint density at radius 1 is 1.13 bits per heavy atom. The van der Waals surface area contributed by atoms with E-state index in [-0.39, 0.29) is 12.5 Å². The Labute approximate surface area is 176 Å². The van der Waals surface area contributed by atoms with Crippen molar-refractivity contribution in [3.8, 4) is 0 Å². The average Bonchev–Trinajstić information content (AvgIpc) is 3.25. The summed E-state index contributed by atoms with van der Waals surface area (Å²) in [5.74, 6) is 0.403. The largest absolute Gasteiger partial charge is 0.460 e. The van der Waals surface area contributed by atoms with Gasteiger partial charge < -0.3 is 14.3 Å². The van der Waals surface area contributed by atoms with Gasteiger partial charge in [0.05, 0.1) is 11.1 Å². The van der Waals surface area contributed by atoms with Crippen molar-refractivity contribution in [3.63, 3.8) is 0 Å². The molecule has 0 aliphatic carbocycles. The number of hydrogen-bond acceptors (Lipinski definition) is 3. The fourth-order valence-electron chi connectivity index (χ4n) is 3.45. The van der Waals surface area contributed by atoms with Crippen LogP contribution < -0.4 is 5.32 Å². The zero-order chi connectivity index (χ0) is 22.0. The second-order valence-electron chi connectivity index (χ2n) is 7.24. The predicted octanol–water partition coefficient (Wildman–Crippen LogP) is 4.98. The summed E-state index contributed by atoms with van der Waals surface area (Å²) in [5.41, 5.74) is 2.46. The van der Waals surface area contributed by atoms with Gasteiger partial charge in [-0.1, -0.05) is 18.2 Å². The number of fused-ring (bicyclic) bond motifs is 1. The van der Waals surface area contributed by atoms with E-state index in [0.717, 1.165) is 17.8 Å². The van der Waals surface area contributed by atoms with Gasteiger partial charge in [0, 0.05) is 43.5 Å². The molecular weight excluding hydrogens is 407 g/mol. The van der Waals surface area contributed by atoms with Gasteiger partial charge >= 0.3 is 6.18 Å². The van der Waals surface area contributed by atoms with Crippen molar-refractivity contribution in [2.24, 2.45) is 0 Å². The molecule has 4 rings (SSSR count). The monoisotopic (exact) mass is 427 g/mol. The summed E-state index contributed by atoms with van der Waals surface area (Å²) in [7, 11) is 0. The zero-order valence-corrected chi connectivity index (χ0v) is 16.7. The number of nitrogens with zero attached hydrogens (tertiary/aromatic N) is 2. The molecule has 0 unspecified atom stereocenters. The highest BCUT2D eigenvalue weighted by atomic mass is 19.4. The van der Waals surface area contributed by atoms with Crippen molar-refractivity contribution in [2.75, 3.05) is 6.54 Å². The van der Waals surface area contributed by atoms with Gasteiger partial charge in [0.1, 0.15) is 11.5 Å². The first-order chi connectivity index (χ1) is 14.8. The van der Waals surface area contributed by atoms with Crippen LogP contribution in [-0.4, -0.2) is 22.0 Å². The summed E-state index contributed by atoms with van der Waals surface area (Å²) < 4.78 is 45.9. The predicted molar refractivity (Wildman–Crippen MR) is 110 cm³/mol. The van der Waals surface area contributed by atoms with Gasteiger partial charge in [-0.05, 0) is 36.8 Å². The van der Waals surface area contributed by atoms with E-state index in [0.29, 0.717) is 41.1 Å². The van der Waals surface area contributed by atoms with Crippen molar-refractivity contribution < 1.29 is 22.4 Å². The Hall–Kier alpha value is -3.55. The highest BCUT2D eigenvalue weighted by Gasteiger charge is 2.30. The molecule has 0 aliphatic rings. The van der Waals surface area contributed by atoms with E-state index in [2.05, 4.69) is 10.3 Å². The van der Waals surface area contributed by atoms with Gasteiger partial charge in [-0.15, -0.1) is 0 Å². The standard InChI is InChI=1S/C23H20F3N3O2/c1-15-12-19-21(31-15)13-20(22(30)28-11-9-18-4-2-3-10-27-18)29(19)14-16-5-7-17(8-6-16)23(24,25)26/h2-8,10,12-13H,9,11,14H2,1H3,(H,28,30). The molecule has 0 saturated carbocycles. The number of aromatic nitrogens is 2. The lowest BCUT2D eigenvalue weighted by Gasteiger charge is -2.12. The molecule has 0 aliphatic heterocycles. The van der Waals surface area contributed by atoms with E-state index >= 15 is 0 Å². The zero-order valence-electron chi connectivity index (χ0n) is 16.7. The Balaban J connectivity index is 1.55. The molecule has 5 nitrogen and oxygen atoms in total. The van der Waals surface area contributed by atoms with Crippen LogP contribution in [0.1, 0.15) is 33.1 Å². The van der Waals surface area contributed by atoms with Gasteiger partial charge in [0.2, 0.25) is 0 Å². The number of furan rings is 1. The molecule has 0 radical (unpaired) electrons. The Morgan fingerprint density at radius 2 is 1.90 bits per heavy atom. The number of halogens is 3. The van der Waals surface area contributed by atoms with Crippen molar-refractivity contribution in [2.45, 2.75) is 26.1 Å². The van der Waals surface area contributed by atoms with Crippen LogP contribution in [0, 0.1) is 6.92 Å². The lowest BCUT2D eigenvalue weighted by atomic mass is 10.1. The lowest BCUT2D eigenvalue weighted by Crippen LogP contribution is -2.28. The average molecular weight is 427 g/mol. The van der Waals surface area contributed by atoms with E-state index in [1.54, 1.807) is 23.8 Å². The van der Waals surface area contributed by atoms with Crippen molar-refractivity contribution in [3.05, 3.63) is 89.1 Å². The minimum Gasteiger partial charge on any atom is -0.460 e. The number of rotatable bonds is 6. The van der Waals surface area contributed by atoms with E-state index in [1.165, 1.54) is 12.1 Å². The van der Waals surface area contributed by atoms with Crippen molar-refractivity contribution >= 4 is 17.0 Å². The second-order valence-corrected chi connectivity index (χ2v) is 7.24. The molecule has 1 N–H and O–H groups in total. The number of pyridine rings is 1. The number of carbonyl (C=O) groups is 1. The molecule has 3 aromatic heterocycles. The van der Waals surface area contributed by atoms with Crippen LogP contribution in [0.2, 0.25) is 0 Å². The third kappa shape index (κ3) is 4.63. The minimum absolute atomic E-state index is 0.240. The first-order valence-electron chi connectivity index (χ1n) is 9.75. The van der Waals surface area contributed by atoms with Gasteiger partial charge in [-0.3, -0.25) is 9.78 Å². The maximum absolute atomic E-state index is 12.8. The maximum atomic E-state index is 12.8. The summed E-state index contributed by atoms with van der Waals surface area (Å²) in [6.07, 6.45) is -2.11. The van der Waals surface area contributed by atoms with Crippen LogP contribution >= 0.6 is 0 Å². The smallest absolute Gasteiger partial charge is 0.416 e. The normalized spacial score (nSPS) is 11.7. The topological polar surface area (TPSA) is 60.1 Å². The van der Waals surface area contributed by atoms with E-state index in [4.69, 9.17) is 4.42 Å². The van der Waals surface area contributed by atoms with Crippen molar-refractivity contribution in [1.82, 2.24) is 14.9 Å². The summed E-state index contributed by atoms with van der Waals surface area (Å²) in [6.45, 7) is 2.44.